The van der Waals surface area contributed by atoms with Crippen LogP contribution < -0.4 is 25.7 Å². The monoisotopic (exact) mass is 465 g/mol. The second kappa shape index (κ2) is 8.60. The molecule has 0 radical (unpaired) electrons. The van der Waals surface area contributed by atoms with Gasteiger partial charge in [-0.2, -0.15) is 0 Å². The van der Waals surface area contributed by atoms with Crippen molar-refractivity contribution < 1.29 is 9.72 Å². The van der Waals surface area contributed by atoms with Crippen molar-refractivity contribution in [2.45, 2.75) is 13.5 Å². The number of anilines is 4. The minimum Gasteiger partial charge on any atom is -0.491 e. The van der Waals surface area contributed by atoms with E-state index in [1.165, 1.54) is 0 Å². The van der Waals surface area contributed by atoms with Crippen LogP contribution in [0.3, 0.4) is 0 Å². The fourth-order valence-corrected chi connectivity index (χ4v) is 4.43. The predicted molar refractivity (Wildman–Crippen MR) is 136 cm³/mol. The Morgan fingerprint density at radius 2 is 1.97 bits per heavy atom. The van der Waals surface area contributed by atoms with Gasteiger partial charge in [-0.15, -0.1) is 0 Å². The minimum absolute atomic E-state index is 0.390. The van der Waals surface area contributed by atoms with E-state index < -0.39 is 0 Å². The van der Waals surface area contributed by atoms with Gasteiger partial charge in [0.2, 0.25) is 0 Å². The fraction of sp³-hybridized carbons (Fsp3) is 0.154. The third-order valence-corrected chi connectivity index (χ3v) is 6.18. The number of nitrogens with zero attached hydrogens (tertiary/aromatic N) is 4. The van der Waals surface area contributed by atoms with E-state index in [-0.39, 0.29) is 0 Å². The molecule has 0 bridgehead atoms. The molecule has 0 unspecified atom stereocenters. The van der Waals surface area contributed by atoms with Crippen LogP contribution in [0, 0.1) is 6.92 Å². The van der Waals surface area contributed by atoms with Crippen molar-refractivity contribution in [3.63, 3.8) is 0 Å². The van der Waals surface area contributed by atoms with Gasteiger partial charge in [-0.3, -0.25) is 4.98 Å². The maximum absolute atomic E-state index is 6.09. The smallest absolute Gasteiger partial charge is 0.349 e. The summed E-state index contributed by atoms with van der Waals surface area (Å²) in [6.45, 7) is 4.02. The van der Waals surface area contributed by atoms with Gasteiger partial charge in [0.1, 0.15) is 35.8 Å². The molecular weight excluding hydrogens is 440 g/mol. The quantitative estimate of drug-likeness (QED) is 0.369. The largest absolute Gasteiger partial charge is 0.491 e. The second-order valence-corrected chi connectivity index (χ2v) is 8.53. The SMILES string of the molecule is Cc1c(Nc2ccccc2)ncnc1N1CCOc2ccc(-c3c[nH+]c4nc(N)[nH]c4c3)cc2C1. The first-order valence-corrected chi connectivity index (χ1v) is 11.5. The van der Waals surface area contributed by atoms with E-state index in [2.05, 4.69) is 47.3 Å². The second-order valence-electron chi connectivity index (χ2n) is 8.53. The van der Waals surface area contributed by atoms with Gasteiger partial charge in [0.05, 0.1) is 12.7 Å². The Hall–Kier alpha value is -4.66. The Labute approximate surface area is 202 Å². The van der Waals surface area contributed by atoms with Crippen LogP contribution in [-0.2, 0) is 6.54 Å². The number of rotatable bonds is 4. The number of aromatic nitrogens is 5. The van der Waals surface area contributed by atoms with Gasteiger partial charge in [-0.1, -0.05) is 24.3 Å². The normalized spacial score (nSPS) is 13.2. The highest BCUT2D eigenvalue weighted by Gasteiger charge is 2.21. The molecule has 0 atom stereocenters. The third kappa shape index (κ3) is 4.08. The molecule has 0 saturated carbocycles. The van der Waals surface area contributed by atoms with Gasteiger partial charge in [0.25, 0.3) is 0 Å². The van der Waals surface area contributed by atoms with Crippen LogP contribution in [-0.4, -0.2) is 33.1 Å². The number of para-hydroxylation sites is 1. The fourth-order valence-electron chi connectivity index (χ4n) is 4.43. The molecule has 6 rings (SSSR count). The lowest BCUT2D eigenvalue weighted by Gasteiger charge is -2.23. The topological polar surface area (TPSA) is 119 Å². The van der Waals surface area contributed by atoms with Gasteiger partial charge < -0.3 is 20.7 Å². The summed E-state index contributed by atoms with van der Waals surface area (Å²) in [5.41, 5.74) is 12.6. The van der Waals surface area contributed by atoms with Crippen molar-refractivity contribution in [2.75, 3.05) is 29.1 Å². The average molecular weight is 466 g/mol. The number of H-pyrrole nitrogens is 2. The molecule has 174 valence electrons. The first kappa shape index (κ1) is 20.9. The van der Waals surface area contributed by atoms with Crippen LogP contribution in [0.5, 0.6) is 5.75 Å². The number of nitrogens with one attached hydrogen (secondary N) is 3. The van der Waals surface area contributed by atoms with Crippen LogP contribution >= 0.6 is 0 Å². The molecule has 9 nitrogen and oxygen atoms in total. The number of benzene rings is 2. The number of hydrogen-bond donors (Lipinski definition) is 3. The van der Waals surface area contributed by atoms with Gasteiger partial charge >= 0.3 is 11.6 Å². The van der Waals surface area contributed by atoms with Crippen molar-refractivity contribution in [3.05, 3.63) is 78.2 Å². The standard InChI is InChI=1S/C26H24N8O/c1-16-23(31-20-5-3-2-4-6-20)29-15-30-25(16)34-9-10-35-22-8-7-17(11-19(22)14-34)18-12-21-24(28-13-18)33-26(27)32-21/h2-8,11-13,15H,9-10,14H2,1H3,(H,29,30,31)(H3,27,28,32,33)/p+1. The van der Waals surface area contributed by atoms with Crippen molar-refractivity contribution in [3.8, 4) is 16.9 Å². The zero-order valence-electron chi connectivity index (χ0n) is 19.2. The summed E-state index contributed by atoms with van der Waals surface area (Å²) in [5.74, 6) is 2.97. The van der Waals surface area contributed by atoms with E-state index >= 15 is 0 Å². The summed E-state index contributed by atoms with van der Waals surface area (Å²) in [5, 5.41) is 3.40. The van der Waals surface area contributed by atoms with Crippen molar-refractivity contribution in [2.24, 2.45) is 0 Å². The molecule has 4 heterocycles. The van der Waals surface area contributed by atoms with Crippen molar-refractivity contribution >= 4 is 34.4 Å². The molecule has 5 N–H and O–H groups in total. The Morgan fingerprint density at radius 1 is 1.09 bits per heavy atom. The van der Waals surface area contributed by atoms with Gasteiger partial charge in [-0.25, -0.2) is 15.0 Å². The molecule has 0 fully saturated rings. The molecule has 1 aliphatic rings. The van der Waals surface area contributed by atoms with Gasteiger partial charge in [0, 0.05) is 28.9 Å². The number of imidazole rings is 1. The predicted octanol–water partition coefficient (Wildman–Crippen LogP) is 3.87. The first-order valence-electron chi connectivity index (χ1n) is 11.5. The number of nitrogen functional groups attached to an aromatic ring is 1. The summed E-state index contributed by atoms with van der Waals surface area (Å²) >= 11 is 0. The van der Waals surface area contributed by atoms with Crippen LogP contribution in [0.4, 0.5) is 23.3 Å². The number of aromatic amines is 2. The Balaban J connectivity index is 1.31. The highest BCUT2D eigenvalue weighted by molar-refractivity contribution is 5.77. The first-order chi connectivity index (χ1) is 17.1. The van der Waals surface area contributed by atoms with E-state index in [9.17, 15) is 0 Å². The maximum atomic E-state index is 6.09. The molecular formula is C26H25N8O+. The highest BCUT2D eigenvalue weighted by atomic mass is 16.5. The van der Waals surface area contributed by atoms with Gasteiger partial charge in [0.15, 0.2) is 0 Å². The van der Waals surface area contributed by atoms with Gasteiger partial charge in [-0.05, 0) is 47.8 Å². The van der Waals surface area contributed by atoms with Crippen LogP contribution in [0.1, 0.15) is 11.1 Å². The molecule has 2 aromatic carbocycles. The zero-order chi connectivity index (χ0) is 23.8. The third-order valence-electron chi connectivity index (χ3n) is 6.18. The Bertz CT molecular complexity index is 1520. The lowest BCUT2D eigenvalue weighted by molar-refractivity contribution is -0.346. The van der Waals surface area contributed by atoms with E-state index in [1.807, 2.05) is 55.6 Å². The van der Waals surface area contributed by atoms with Crippen molar-refractivity contribution in [1.82, 2.24) is 19.9 Å². The van der Waals surface area contributed by atoms with Crippen LogP contribution in [0.25, 0.3) is 22.3 Å². The number of hydrogen-bond acceptors (Lipinski definition) is 7. The Kier molecular flexibility index (Phi) is 5.14. The lowest BCUT2D eigenvalue weighted by Crippen LogP contribution is -2.27. The molecule has 0 aliphatic carbocycles. The number of ether oxygens (including phenoxy) is 1. The van der Waals surface area contributed by atoms with E-state index in [1.54, 1.807) is 6.33 Å². The number of nitrogens with two attached hydrogens (primary N) is 1. The summed E-state index contributed by atoms with van der Waals surface area (Å²) in [6, 6.07) is 18.3. The van der Waals surface area contributed by atoms with E-state index in [4.69, 9.17) is 10.5 Å². The summed E-state index contributed by atoms with van der Waals surface area (Å²) in [6.07, 6.45) is 3.55. The summed E-state index contributed by atoms with van der Waals surface area (Å²) < 4.78 is 6.09. The molecule has 0 amide bonds. The van der Waals surface area contributed by atoms with Crippen LogP contribution in [0.2, 0.25) is 0 Å². The molecule has 35 heavy (non-hydrogen) atoms. The van der Waals surface area contributed by atoms with Crippen LogP contribution in [0.15, 0.2) is 67.1 Å². The van der Waals surface area contributed by atoms with E-state index in [0.29, 0.717) is 19.1 Å². The minimum atomic E-state index is 0.390. The molecule has 1 aliphatic heterocycles. The maximum Gasteiger partial charge on any atom is 0.349 e. The summed E-state index contributed by atoms with van der Waals surface area (Å²) in [7, 11) is 0. The van der Waals surface area contributed by atoms with E-state index in [0.717, 1.165) is 63.0 Å². The molecule has 5 aromatic rings. The molecule has 0 saturated heterocycles. The lowest BCUT2D eigenvalue weighted by atomic mass is 10.0. The average Bonchev–Trinajstić information content (AvgIpc) is 3.12. The molecule has 0 spiro atoms. The zero-order valence-corrected chi connectivity index (χ0v) is 19.2. The highest BCUT2D eigenvalue weighted by Crippen LogP contribution is 2.32. The Morgan fingerprint density at radius 3 is 2.86 bits per heavy atom. The number of pyridine rings is 1. The summed E-state index contributed by atoms with van der Waals surface area (Å²) in [4.78, 5) is 21.9. The van der Waals surface area contributed by atoms with Crippen molar-refractivity contribution in [1.29, 1.82) is 0 Å². The molecule has 3 aromatic heterocycles. The molecule has 9 heteroatoms. The number of fused-ring (bicyclic) bond motifs is 2.